The fourth-order valence-electron chi connectivity index (χ4n) is 1.42. The maximum absolute atomic E-state index is 12.0. The Labute approximate surface area is 113 Å². The summed E-state index contributed by atoms with van der Waals surface area (Å²) in [6, 6.07) is 3.35. The zero-order chi connectivity index (χ0) is 12.6. The van der Waals surface area contributed by atoms with Gasteiger partial charge in [-0.25, -0.2) is 4.79 Å². The topological polar surface area (TPSA) is 56.5 Å². The van der Waals surface area contributed by atoms with E-state index >= 15 is 0 Å². The first kappa shape index (κ1) is 12.3. The van der Waals surface area contributed by atoms with Gasteiger partial charge in [-0.15, -0.1) is 0 Å². The molecular formula is C11H6Br2O4. The zero-order valence-corrected chi connectivity index (χ0v) is 11.8. The van der Waals surface area contributed by atoms with Crippen molar-refractivity contribution in [1.82, 2.24) is 0 Å². The van der Waals surface area contributed by atoms with Crippen molar-refractivity contribution in [1.29, 1.82) is 0 Å². The van der Waals surface area contributed by atoms with Crippen molar-refractivity contribution in [2.75, 3.05) is 7.11 Å². The molecule has 4 nitrogen and oxygen atoms in total. The molecule has 0 fully saturated rings. The van der Waals surface area contributed by atoms with E-state index < -0.39 is 11.4 Å². The highest BCUT2D eigenvalue weighted by molar-refractivity contribution is 9.11. The molecule has 1 aromatic carbocycles. The smallest absolute Gasteiger partial charge is 0.345 e. The van der Waals surface area contributed by atoms with Crippen molar-refractivity contribution in [3.05, 3.63) is 43.1 Å². The third-order valence-corrected chi connectivity index (χ3v) is 3.24. The van der Waals surface area contributed by atoms with Crippen molar-refractivity contribution in [2.24, 2.45) is 0 Å². The molecule has 88 valence electrons. The van der Waals surface area contributed by atoms with E-state index in [1.165, 1.54) is 7.11 Å². The normalized spacial score (nSPS) is 10.5. The molecule has 0 aliphatic heterocycles. The first-order valence-corrected chi connectivity index (χ1v) is 6.12. The van der Waals surface area contributed by atoms with E-state index in [1.54, 1.807) is 12.1 Å². The summed E-state index contributed by atoms with van der Waals surface area (Å²) in [7, 11) is 1.21. The third kappa shape index (κ3) is 2.14. The van der Waals surface area contributed by atoms with Gasteiger partial charge in [0.05, 0.1) is 17.0 Å². The predicted octanol–water partition coefficient (Wildman–Crippen LogP) is 3.10. The fraction of sp³-hybridized carbons (Fsp3) is 0.0909. The van der Waals surface area contributed by atoms with E-state index in [9.17, 15) is 9.59 Å². The number of rotatable bonds is 1. The molecule has 17 heavy (non-hydrogen) atoms. The predicted molar refractivity (Wildman–Crippen MR) is 69.2 cm³/mol. The highest BCUT2D eigenvalue weighted by Gasteiger charge is 2.16. The van der Waals surface area contributed by atoms with E-state index in [0.29, 0.717) is 19.9 Å². The standard InChI is InChI=1S/C11H6Br2O4/c1-16-11(15)7-4-17-10-6(9(7)14)2-5(12)3-8(10)13/h2-4H,1H3. The van der Waals surface area contributed by atoms with Crippen molar-refractivity contribution >= 4 is 48.8 Å². The van der Waals surface area contributed by atoms with Crippen molar-refractivity contribution < 1.29 is 13.9 Å². The minimum atomic E-state index is -0.711. The molecule has 0 N–H and O–H groups in total. The van der Waals surface area contributed by atoms with Crippen molar-refractivity contribution in [2.45, 2.75) is 0 Å². The fourth-order valence-corrected chi connectivity index (χ4v) is 2.73. The van der Waals surface area contributed by atoms with Gasteiger partial charge >= 0.3 is 5.97 Å². The summed E-state index contributed by atoms with van der Waals surface area (Å²) in [6.07, 6.45) is 1.11. The second-order valence-corrected chi connectivity index (χ2v) is 5.00. The maximum atomic E-state index is 12.0. The maximum Gasteiger partial charge on any atom is 0.345 e. The highest BCUT2D eigenvalue weighted by Crippen LogP contribution is 2.26. The van der Waals surface area contributed by atoms with E-state index in [0.717, 1.165) is 6.26 Å². The summed E-state index contributed by atoms with van der Waals surface area (Å²) in [6.45, 7) is 0. The average molecular weight is 362 g/mol. The molecule has 0 unspecified atom stereocenters. The number of methoxy groups -OCH3 is 1. The first-order valence-electron chi connectivity index (χ1n) is 4.53. The lowest BCUT2D eigenvalue weighted by atomic mass is 10.2. The van der Waals surface area contributed by atoms with Crippen LogP contribution in [0.2, 0.25) is 0 Å². The summed E-state index contributed by atoms with van der Waals surface area (Å²) < 4.78 is 11.1. The van der Waals surface area contributed by atoms with E-state index in [-0.39, 0.29) is 5.56 Å². The molecule has 0 spiro atoms. The molecular weight excluding hydrogens is 356 g/mol. The molecule has 0 aliphatic carbocycles. The lowest BCUT2D eigenvalue weighted by Gasteiger charge is -2.03. The second kappa shape index (κ2) is 4.62. The largest absolute Gasteiger partial charge is 0.465 e. The second-order valence-electron chi connectivity index (χ2n) is 3.23. The van der Waals surface area contributed by atoms with Gasteiger partial charge in [0.1, 0.15) is 11.8 Å². The van der Waals surface area contributed by atoms with Crippen LogP contribution in [0.1, 0.15) is 10.4 Å². The number of hydrogen-bond acceptors (Lipinski definition) is 4. The van der Waals surface area contributed by atoms with E-state index in [1.807, 2.05) is 0 Å². The molecule has 1 aromatic heterocycles. The van der Waals surface area contributed by atoms with Gasteiger partial charge in [0.25, 0.3) is 0 Å². The van der Waals surface area contributed by atoms with Crippen LogP contribution in [0.5, 0.6) is 0 Å². The lowest BCUT2D eigenvalue weighted by molar-refractivity contribution is 0.0597. The van der Waals surface area contributed by atoms with Crippen molar-refractivity contribution in [3.8, 4) is 0 Å². The van der Waals surface area contributed by atoms with Gasteiger partial charge in [-0.1, -0.05) is 15.9 Å². The molecule has 0 atom stereocenters. The molecule has 0 saturated heterocycles. The summed E-state index contributed by atoms with van der Waals surface area (Å²) in [5.41, 5.74) is -0.143. The molecule has 2 aromatic rings. The minimum absolute atomic E-state index is 0.120. The number of fused-ring (bicyclic) bond motifs is 1. The monoisotopic (exact) mass is 360 g/mol. The Hall–Kier alpha value is -1.14. The summed E-state index contributed by atoms with van der Waals surface area (Å²) in [4.78, 5) is 23.4. The summed E-state index contributed by atoms with van der Waals surface area (Å²) >= 11 is 6.55. The molecule has 0 amide bonds. The SMILES string of the molecule is COC(=O)c1coc2c(Br)cc(Br)cc2c1=O. The van der Waals surface area contributed by atoms with Crippen LogP contribution in [-0.4, -0.2) is 13.1 Å². The van der Waals surface area contributed by atoms with Gasteiger partial charge in [-0.2, -0.15) is 0 Å². The number of hydrogen-bond donors (Lipinski definition) is 0. The van der Waals surface area contributed by atoms with Gasteiger partial charge in [0.15, 0.2) is 5.58 Å². The molecule has 2 rings (SSSR count). The number of benzene rings is 1. The Kier molecular flexibility index (Phi) is 3.35. The number of halogens is 2. The molecule has 6 heteroatoms. The molecule has 0 bridgehead atoms. The Bertz CT molecular complexity index is 660. The van der Waals surface area contributed by atoms with E-state index in [2.05, 4.69) is 36.6 Å². The van der Waals surface area contributed by atoms with Crippen LogP contribution in [-0.2, 0) is 4.74 Å². The number of carbonyl (C=O) groups excluding carboxylic acids is 1. The van der Waals surface area contributed by atoms with Crippen LogP contribution in [0.25, 0.3) is 11.0 Å². The van der Waals surface area contributed by atoms with Gasteiger partial charge in [0, 0.05) is 4.47 Å². The summed E-state index contributed by atoms with van der Waals surface area (Å²) in [5, 5.41) is 0.314. The van der Waals surface area contributed by atoms with E-state index in [4.69, 9.17) is 4.42 Å². The van der Waals surface area contributed by atoms with Gasteiger partial charge in [-0.05, 0) is 28.1 Å². The van der Waals surface area contributed by atoms with Crippen LogP contribution in [0, 0.1) is 0 Å². The average Bonchev–Trinajstić information content (AvgIpc) is 2.29. The van der Waals surface area contributed by atoms with Crippen LogP contribution < -0.4 is 5.43 Å². The summed E-state index contributed by atoms with van der Waals surface area (Å²) in [5.74, 6) is -0.711. The van der Waals surface area contributed by atoms with Crippen LogP contribution >= 0.6 is 31.9 Å². The van der Waals surface area contributed by atoms with Crippen LogP contribution in [0.3, 0.4) is 0 Å². The van der Waals surface area contributed by atoms with Gasteiger partial charge < -0.3 is 9.15 Å². The zero-order valence-electron chi connectivity index (χ0n) is 8.62. The Morgan fingerprint density at radius 1 is 1.35 bits per heavy atom. The van der Waals surface area contributed by atoms with Crippen LogP contribution in [0.15, 0.2) is 36.6 Å². The number of carbonyl (C=O) groups is 1. The Morgan fingerprint density at radius 2 is 2.06 bits per heavy atom. The third-order valence-electron chi connectivity index (χ3n) is 2.20. The molecule has 0 radical (unpaired) electrons. The number of ether oxygens (including phenoxy) is 1. The minimum Gasteiger partial charge on any atom is -0.465 e. The van der Waals surface area contributed by atoms with Gasteiger partial charge in [0.2, 0.25) is 5.43 Å². The molecule has 0 saturated carbocycles. The number of esters is 1. The Morgan fingerprint density at radius 3 is 2.71 bits per heavy atom. The Balaban J connectivity index is 2.85. The first-order chi connectivity index (χ1) is 8.04. The van der Waals surface area contributed by atoms with Crippen molar-refractivity contribution in [3.63, 3.8) is 0 Å². The van der Waals surface area contributed by atoms with Crippen LogP contribution in [0.4, 0.5) is 0 Å². The molecule has 1 heterocycles. The highest BCUT2D eigenvalue weighted by atomic mass is 79.9. The quantitative estimate of drug-likeness (QED) is 0.732. The molecule has 0 aliphatic rings. The van der Waals surface area contributed by atoms with Gasteiger partial charge in [-0.3, -0.25) is 4.79 Å². The lowest BCUT2D eigenvalue weighted by Crippen LogP contribution is -2.16.